The monoisotopic (exact) mass is 279 g/mol. The molecular formula is C18H21N3. The van der Waals surface area contributed by atoms with Gasteiger partial charge in [-0.2, -0.15) is 0 Å². The molecule has 108 valence electrons. The summed E-state index contributed by atoms with van der Waals surface area (Å²) in [6.45, 7) is 0. The smallest absolute Gasteiger partial charge is 0.0482 e. The number of hydrogen-bond donors (Lipinski definition) is 2. The second-order valence-electron chi connectivity index (χ2n) is 6.30. The van der Waals surface area contributed by atoms with E-state index in [0.29, 0.717) is 23.8 Å². The van der Waals surface area contributed by atoms with Crippen molar-refractivity contribution in [2.24, 2.45) is 11.8 Å². The first-order valence-electron chi connectivity index (χ1n) is 7.83. The fourth-order valence-corrected chi connectivity index (χ4v) is 4.03. The molecular weight excluding hydrogens is 258 g/mol. The highest BCUT2D eigenvalue weighted by atomic mass is 15.2. The summed E-state index contributed by atoms with van der Waals surface area (Å²) < 4.78 is 0. The second kappa shape index (κ2) is 5.24. The van der Waals surface area contributed by atoms with Gasteiger partial charge in [0, 0.05) is 23.9 Å². The van der Waals surface area contributed by atoms with Crippen molar-refractivity contribution in [3.63, 3.8) is 0 Å². The Hall–Kier alpha value is -1.71. The highest BCUT2D eigenvalue weighted by Crippen LogP contribution is 2.53. The summed E-state index contributed by atoms with van der Waals surface area (Å²) in [6.07, 6.45) is 5.44. The predicted molar refractivity (Wildman–Crippen MR) is 83.7 cm³/mol. The molecule has 3 N–H and O–H groups in total. The molecule has 2 aliphatic rings. The lowest BCUT2D eigenvalue weighted by atomic mass is 9.91. The zero-order valence-electron chi connectivity index (χ0n) is 12.1. The van der Waals surface area contributed by atoms with Crippen LogP contribution >= 0.6 is 0 Å². The topological polar surface area (TPSA) is 50.9 Å². The Labute approximate surface area is 125 Å². The molecule has 4 atom stereocenters. The number of aromatic nitrogens is 1. The van der Waals surface area contributed by atoms with Crippen molar-refractivity contribution in [2.75, 3.05) is 0 Å². The van der Waals surface area contributed by atoms with Crippen LogP contribution in [0.1, 0.15) is 41.5 Å². The Balaban J connectivity index is 1.55. The highest BCUT2D eigenvalue weighted by Gasteiger charge is 2.47. The molecule has 0 aliphatic heterocycles. The van der Waals surface area contributed by atoms with Gasteiger partial charge in [-0.25, -0.2) is 0 Å². The van der Waals surface area contributed by atoms with Gasteiger partial charge in [-0.05, 0) is 48.3 Å². The predicted octanol–water partition coefficient (Wildman–Crippen LogP) is 2.75. The Morgan fingerprint density at radius 2 is 2.00 bits per heavy atom. The maximum absolute atomic E-state index is 5.91. The molecule has 21 heavy (non-hydrogen) atoms. The van der Waals surface area contributed by atoms with E-state index in [1.165, 1.54) is 29.7 Å². The number of nitrogens with one attached hydrogen (secondary N) is 1. The molecule has 1 aromatic carbocycles. The molecule has 2 aromatic rings. The minimum atomic E-state index is 0.339. The standard InChI is InChI=1S/C18H21N3/c19-21-18(14-9-8-13-7-4-10-20-17(13)14)16-11-15(16)12-5-2-1-3-6-12/h1-7,10,14-16,18,21H,8-9,11,19H2. The molecule has 0 amide bonds. The van der Waals surface area contributed by atoms with Gasteiger partial charge in [0.1, 0.15) is 0 Å². The molecule has 0 spiro atoms. The summed E-state index contributed by atoms with van der Waals surface area (Å²) in [7, 11) is 0. The molecule has 2 aliphatic carbocycles. The Bertz CT molecular complexity index is 625. The zero-order valence-corrected chi connectivity index (χ0v) is 12.1. The lowest BCUT2D eigenvalue weighted by Crippen LogP contribution is -2.41. The van der Waals surface area contributed by atoms with Crippen LogP contribution in [-0.2, 0) is 6.42 Å². The van der Waals surface area contributed by atoms with Gasteiger partial charge >= 0.3 is 0 Å². The zero-order chi connectivity index (χ0) is 14.2. The molecule has 1 fully saturated rings. The quantitative estimate of drug-likeness (QED) is 0.668. The van der Waals surface area contributed by atoms with Crippen molar-refractivity contribution in [2.45, 2.75) is 37.1 Å². The molecule has 4 rings (SSSR count). The second-order valence-corrected chi connectivity index (χ2v) is 6.30. The highest BCUT2D eigenvalue weighted by molar-refractivity contribution is 5.33. The van der Waals surface area contributed by atoms with Crippen molar-refractivity contribution in [1.29, 1.82) is 0 Å². The van der Waals surface area contributed by atoms with Crippen molar-refractivity contribution in [3.8, 4) is 0 Å². The van der Waals surface area contributed by atoms with Crippen molar-refractivity contribution in [3.05, 3.63) is 65.5 Å². The Morgan fingerprint density at radius 3 is 2.81 bits per heavy atom. The summed E-state index contributed by atoms with van der Waals surface area (Å²) >= 11 is 0. The number of hydrogen-bond acceptors (Lipinski definition) is 3. The Morgan fingerprint density at radius 1 is 1.14 bits per heavy atom. The number of fused-ring (bicyclic) bond motifs is 1. The van der Waals surface area contributed by atoms with E-state index >= 15 is 0 Å². The third-order valence-corrected chi connectivity index (χ3v) is 5.16. The SMILES string of the molecule is NNC(C1CCc2cccnc21)C1CC1c1ccccc1. The van der Waals surface area contributed by atoms with Crippen LogP contribution in [0.3, 0.4) is 0 Å². The summed E-state index contributed by atoms with van der Waals surface area (Å²) in [5.41, 5.74) is 7.22. The normalized spacial score (nSPS) is 28.1. The molecule has 3 heteroatoms. The number of rotatable bonds is 4. The average molecular weight is 279 g/mol. The molecule has 0 bridgehead atoms. The van der Waals surface area contributed by atoms with E-state index in [4.69, 9.17) is 5.84 Å². The van der Waals surface area contributed by atoms with Crippen molar-refractivity contribution >= 4 is 0 Å². The van der Waals surface area contributed by atoms with Gasteiger partial charge in [-0.15, -0.1) is 0 Å². The molecule has 0 radical (unpaired) electrons. The van der Waals surface area contributed by atoms with E-state index in [1.807, 2.05) is 12.3 Å². The van der Waals surface area contributed by atoms with Crippen LogP contribution < -0.4 is 11.3 Å². The van der Waals surface area contributed by atoms with E-state index < -0.39 is 0 Å². The van der Waals surface area contributed by atoms with Gasteiger partial charge in [-0.1, -0.05) is 36.4 Å². The van der Waals surface area contributed by atoms with Crippen molar-refractivity contribution < 1.29 is 0 Å². The molecule has 1 heterocycles. The van der Waals surface area contributed by atoms with Crippen LogP contribution in [0.25, 0.3) is 0 Å². The number of aryl methyl sites for hydroxylation is 1. The fourth-order valence-electron chi connectivity index (χ4n) is 4.03. The summed E-state index contributed by atoms with van der Waals surface area (Å²) in [5, 5.41) is 0. The van der Waals surface area contributed by atoms with Crippen LogP contribution in [0, 0.1) is 5.92 Å². The van der Waals surface area contributed by atoms with E-state index in [1.54, 1.807) is 0 Å². The molecule has 3 nitrogen and oxygen atoms in total. The van der Waals surface area contributed by atoms with E-state index in [9.17, 15) is 0 Å². The van der Waals surface area contributed by atoms with E-state index in [-0.39, 0.29) is 0 Å². The van der Waals surface area contributed by atoms with Gasteiger partial charge in [0.25, 0.3) is 0 Å². The molecule has 0 saturated heterocycles. The van der Waals surface area contributed by atoms with Gasteiger partial charge in [0.2, 0.25) is 0 Å². The Kier molecular flexibility index (Phi) is 3.24. The summed E-state index contributed by atoms with van der Waals surface area (Å²) in [4.78, 5) is 4.62. The minimum Gasteiger partial charge on any atom is -0.271 e. The summed E-state index contributed by atoms with van der Waals surface area (Å²) in [5.74, 6) is 7.66. The average Bonchev–Trinajstić information content (AvgIpc) is 3.22. The number of benzene rings is 1. The van der Waals surface area contributed by atoms with Crippen LogP contribution in [-0.4, -0.2) is 11.0 Å². The third-order valence-electron chi connectivity index (χ3n) is 5.16. The van der Waals surface area contributed by atoms with Crippen LogP contribution in [0.5, 0.6) is 0 Å². The van der Waals surface area contributed by atoms with Gasteiger partial charge in [-0.3, -0.25) is 16.3 Å². The lowest BCUT2D eigenvalue weighted by Gasteiger charge is -2.23. The lowest BCUT2D eigenvalue weighted by molar-refractivity contribution is 0.385. The first-order chi connectivity index (χ1) is 10.4. The molecule has 1 aromatic heterocycles. The molecule has 4 unspecified atom stereocenters. The summed E-state index contributed by atoms with van der Waals surface area (Å²) in [6, 6.07) is 15.4. The first-order valence-corrected chi connectivity index (χ1v) is 7.83. The minimum absolute atomic E-state index is 0.339. The number of hydrazine groups is 1. The maximum atomic E-state index is 5.91. The van der Waals surface area contributed by atoms with E-state index in [0.717, 1.165) is 6.42 Å². The number of nitrogens with zero attached hydrogens (tertiary/aromatic N) is 1. The van der Waals surface area contributed by atoms with Crippen molar-refractivity contribution in [1.82, 2.24) is 10.4 Å². The molecule has 1 saturated carbocycles. The fraction of sp³-hybridized carbons (Fsp3) is 0.389. The maximum Gasteiger partial charge on any atom is 0.0482 e. The third kappa shape index (κ3) is 2.27. The van der Waals surface area contributed by atoms with Gasteiger partial charge < -0.3 is 0 Å². The van der Waals surface area contributed by atoms with Gasteiger partial charge in [0.05, 0.1) is 0 Å². The largest absolute Gasteiger partial charge is 0.271 e. The number of nitrogens with two attached hydrogens (primary N) is 1. The van der Waals surface area contributed by atoms with E-state index in [2.05, 4.69) is 46.8 Å². The van der Waals surface area contributed by atoms with Crippen LogP contribution in [0.15, 0.2) is 48.7 Å². The van der Waals surface area contributed by atoms with Crippen LogP contribution in [0.2, 0.25) is 0 Å². The number of pyridine rings is 1. The first kappa shape index (κ1) is 13.0. The van der Waals surface area contributed by atoms with Crippen LogP contribution in [0.4, 0.5) is 0 Å². The van der Waals surface area contributed by atoms with Gasteiger partial charge in [0.15, 0.2) is 0 Å².